The van der Waals surface area contributed by atoms with Crippen LogP contribution in [-0.4, -0.2) is 37.4 Å². The van der Waals surface area contributed by atoms with Crippen molar-refractivity contribution in [1.82, 2.24) is 10.2 Å². The zero-order valence-corrected chi connectivity index (χ0v) is 12.1. The van der Waals surface area contributed by atoms with Crippen molar-refractivity contribution < 1.29 is 9.59 Å². The first-order valence-electron chi connectivity index (χ1n) is 6.78. The third-order valence-electron chi connectivity index (χ3n) is 5.49. The molecule has 0 radical (unpaired) electrons. The van der Waals surface area contributed by atoms with Crippen molar-refractivity contribution in [2.45, 2.75) is 40.0 Å². The van der Waals surface area contributed by atoms with E-state index in [1.165, 1.54) is 0 Å². The second-order valence-corrected chi connectivity index (χ2v) is 6.48. The molecule has 1 aliphatic heterocycles. The smallest absolute Gasteiger partial charge is 0.234 e. The Balaban J connectivity index is 2.24. The summed E-state index contributed by atoms with van der Waals surface area (Å²) in [6, 6.07) is 0. The average Bonchev–Trinajstić information content (AvgIpc) is 2.57. The molecule has 102 valence electrons. The molecule has 2 atom stereocenters. The molecule has 0 spiro atoms. The number of hydrogen-bond donors (Lipinski definition) is 1. The predicted molar refractivity (Wildman–Crippen MR) is 69.9 cm³/mol. The minimum absolute atomic E-state index is 0.0434. The lowest BCUT2D eigenvalue weighted by atomic mass is 9.88. The van der Waals surface area contributed by atoms with E-state index in [-0.39, 0.29) is 17.2 Å². The number of nitrogens with zero attached hydrogens (tertiary/aromatic N) is 1. The van der Waals surface area contributed by atoms with E-state index in [1.54, 1.807) is 0 Å². The maximum absolute atomic E-state index is 12.3. The topological polar surface area (TPSA) is 49.4 Å². The molecule has 2 aliphatic rings. The summed E-state index contributed by atoms with van der Waals surface area (Å²) >= 11 is 0. The van der Waals surface area contributed by atoms with Crippen molar-refractivity contribution in [1.29, 1.82) is 0 Å². The highest BCUT2D eigenvalue weighted by Crippen LogP contribution is 2.83. The van der Waals surface area contributed by atoms with Crippen LogP contribution in [0.3, 0.4) is 0 Å². The zero-order chi connectivity index (χ0) is 13.8. The van der Waals surface area contributed by atoms with Crippen LogP contribution in [0.1, 0.15) is 40.0 Å². The van der Waals surface area contributed by atoms with Crippen LogP contribution in [0.25, 0.3) is 0 Å². The summed E-state index contributed by atoms with van der Waals surface area (Å²) in [5.41, 5.74) is -1.11. The molecule has 4 heteroatoms. The monoisotopic (exact) mass is 252 g/mol. The molecule has 1 aliphatic carbocycles. The largest absolute Gasteiger partial charge is 0.309 e. The molecule has 0 bridgehead atoms. The quantitative estimate of drug-likeness (QED) is 0.753. The Bertz CT molecular complexity index is 403. The van der Waals surface area contributed by atoms with Crippen LogP contribution in [0.2, 0.25) is 0 Å². The minimum atomic E-state index is -0.457. The van der Waals surface area contributed by atoms with Crippen LogP contribution in [-0.2, 0) is 9.59 Å². The number of nitrogens with one attached hydrogen (secondary N) is 1. The Morgan fingerprint density at radius 2 is 1.67 bits per heavy atom. The number of piperidine rings is 1. The number of hydrogen-bond acceptors (Lipinski definition) is 3. The van der Waals surface area contributed by atoms with E-state index in [4.69, 9.17) is 0 Å². The lowest BCUT2D eigenvalue weighted by Gasteiger charge is -2.18. The standard InChI is InChI=1S/C14H24N2O2/c1-6-13-10(17)15-11(18)14(13,12(13,2)3)8-7-9-16(4)5/h6-9H2,1-5H3,(H,15,17,18). The number of carbonyl (C=O) groups is 2. The van der Waals surface area contributed by atoms with Crippen LogP contribution >= 0.6 is 0 Å². The fraction of sp³-hybridized carbons (Fsp3) is 0.857. The summed E-state index contributed by atoms with van der Waals surface area (Å²) in [6.45, 7) is 7.12. The maximum Gasteiger partial charge on any atom is 0.234 e. The fourth-order valence-corrected chi connectivity index (χ4v) is 4.54. The summed E-state index contributed by atoms with van der Waals surface area (Å²) < 4.78 is 0. The number of rotatable bonds is 5. The Kier molecular flexibility index (Phi) is 2.85. The summed E-state index contributed by atoms with van der Waals surface area (Å²) in [6.07, 6.45) is 2.52. The van der Waals surface area contributed by atoms with Gasteiger partial charge in [0.2, 0.25) is 11.8 Å². The molecule has 4 nitrogen and oxygen atoms in total. The van der Waals surface area contributed by atoms with Crippen LogP contribution in [0.4, 0.5) is 0 Å². The molecule has 0 aromatic heterocycles. The van der Waals surface area contributed by atoms with E-state index < -0.39 is 10.8 Å². The van der Waals surface area contributed by atoms with Crippen LogP contribution in [0, 0.1) is 16.2 Å². The summed E-state index contributed by atoms with van der Waals surface area (Å²) in [4.78, 5) is 26.5. The SMILES string of the molecule is CCC12C(=O)NC(=O)C1(CCCN(C)C)C2(C)C. The van der Waals surface area contributed by atoms with Gasteiger partial charge < -0.3 is 4.90 Å². The highest BCUT2D eigenvalue weighted by atomic mass is 16.2. The molecule has 0 aromatic carbocycles. The average molecular weight is 252 g/mol. The van der Waals surface area contributed by atoms with Gasteiger partial charge in [0.1, 0.15) is 0 Å². The second-order valence-electron chi connectivity index (χ2n) is 6.48. The summed E-state index contributed by atoms with van der Waals surface area (Å²) in [5, 5.41) is 2.55. The van der Waals surface area contributed by atoms with E-state index >= 15 is 0 Å². The Morgan fingerprint density at radius 1 is 1.11 bits per heavy atom. The Labute approximate surface area is 109 Å². The predicted octanol–water partition coefficient (Wildman–Crippen LogP) is 1.41. The Morgan fingerprint density at radius 3 is 2.11 bits per heavy atom. The first-order chi connectivity index (χ1) is 8.28. The highest BCUT2D eigenvalue weighted by molar-refractivity contribution is 6.15. The van der Waals surface area contributed by atoms with Gasteiger partial charge in [-0.2, -0.15) is 0 Å². The third kappa shape index (κ3) is 1.20. The van der Waals surface area contributed by atoms with Gasteiger partial charge in [0.25, 0.3) is 0 Å². The van der Waals surface area contributed by atoms with Gasteiger partial charge in [-0.1, -0.05) is 20.8 Å². The van der Waals surface area contributed by atoms with E-state index in [2.05, 4.69) is 24.1 Å². The molecule has 0 aromatic rings. The molecule has 1 saturated heterocycles. The van der Waals surface area contributed by atoms with Crippen LogP contribution in [0.5, 0.6) is 0 Å². The van der Waals surface area contributed by atoms with Gasteiger partial charge >= 0.3 is 0 Å². The first kappa shape index (κ1) is 13.5. The molecule has 1 heterocycles. The molecule has 2 rings (SSSR count). The lowest BCUT2D eigenvalue weighted by molar-refractivity contribution is -0.131. The molecule has 1 saturated carbocycles. The van der Waals surface area contributed by atoms with E-state index in [1.807, 2.05) is 21.0 Å². The third-order valence-corrected chi connectivity index (χ3v) is 5.49. The van der Waals surface area contributed by atoms with Crippen molar-refractivity contribution in [2.75, 3.05) is 20.6 Å². The van der Waals surface area contributed by atoms with E-state index in [0.29, 0.717) is 0 Å². The summed E-state index contributed by atoms with van der Waals surface area (Å²) in [7, 11) is 4.06. The van der Waals surface area contributed by atoms with Crippen molar-refractivity contribution >= 4 is 11.8 Å². The van der Waals surface area contributed by atoms with Crippen molar-refractivity contribution in [3.8, 4) is 0 Å². The normalized spacial score (nSPS) is 36.8. The molecule has 18 heavy (non-hydrogen) atoms. The molecule has 2 unspecified atom stereocenters. The molecule has 1 N–H and O–H groups in total. The van der Waals surface area contributed by atoms with Crippen molar-refractivity contribution in [2.24, 2.45) is 16.2 Å². The van der Waals surface area contributed by atoms with Crippen molar-refractivity contribution in [3.05, 3.63) is 0 Å². The van der Waals surface area contributed by atoms with Gasteiger partial charge in [-0.05, 0) is 45.3 Å². The first-order valence-corrected chi connectivity index (χ1v) is 6.78. The number of fused-ring (bicyclic) bond motifs is 1. The van der Waals surface area contributed by atoms with Gasteiger partial charge in [-0.15, -0.1) is 0 Å². The van der Waals surface area contributed by atoms with Gasteiger partial charge in [-0.3, -0.25) is 14.9 Å². The fourth-order valence-electron chi connectivity index (χ4n) is 4.54. The van der Waals surface area contributed by atoms with E-state index in [0.717, 1.165) is 25.8 Å². The van der Waals surface area contributed by atoms with Gasteiger partial charge in [-0.25, -0.2) is 0 Å². The molecular weight excluding hydrogens is 228 g/mol. The van der Waals surface area contributed by atoms with Gasteiger partial charge in [0, 0.05) is 0 Å². The minimum Gasteiger partial charge on any atom is -0.309 e. The summed E-state index contributed by atoms with van der Waals surface area (Å²) in [5.74, 6) is -0.0945. The molecule has 2 amide bonds. The number of amides is 2. The number of carbonyl (C=O) groups excluding carboxylic acids is 2. The molecule has 2 fully saturated rings. The van der Waals surface area contributed by atoms with Crippen LogP contribution < -0.4 is 5.32 Å². The number of imide groups is 1. The zero-order valence-electron chi connectivity index (χ0n) is 12.1. The van der Waals surface area contributed by atoms with Crippen LogP contribution in [0.15, 0.2) is 0 Å². The van der Waals surface area contributed by atoms with E-state index in [9.17, 15) is 9.59 Å². The second kappa shape index (κ2) is 3.80. The molecular formula is C14H24N2O2. The van der Waals surface area contributed by atoms with Gasteiger partial charge in [0.15, 0.2) is 0 Å². The van der Waals surface area contributed by atoms with Gasteiger partial charge in [0.05, 0.1) is 10.8 Å². The van der Waals surface area contributed by atoms with Crippen molar-refractivity contribution in [3.63, 3.8) is 0 Å². The highest BCUT2D eigenvalue weighted by Gasteiger charge is 2.90. The Hall–Kier alpha value is -0.900. The maximum atomic E-state index is 12.3. The lowest BCUT2D eigenvalue weighted by Crippen LogP contribution is -2.36.